The molecule has 4 nitrogen and oxygen atoms in total. The molecule has 0 fully saturated rings. The first-order valence-corrected chi connectivity index (χ1v) is 10.4. The third-order valence-electron chi connectivity index (χ3n) is 5.62. The second kappa shape index (κ2) is 8.86. The molecule has 6 heteroatoms. The van der Waals surface area contributed by atoms with E-state index in [9.17, 15) is 14.0 Å². The van der Waals surface area contributed by atoms with E-state index in [2.05, 4.69) is 13.8 Å². The first kappa shape index (κ1) is 23.4. The van der Waals surface area contributed by atoms with E-state index >= 15 is 0 Å². The molecule has 1 aliphatic heterocycles. The fourth-order valence-corrected chi connectivity index (χ4v) is 4.15. The molecule has 1 aliphatic rings. The Hall–Kier alpha value is -1.88. The highest BCUT2D eigenvalue weighted by Crippen LogP contribution is 2.43. The highest BCUT2D eigenvalue weighted by atomic mass is 35.5. The number of aryl methyl sites for hydroxylation is 1. The predicted molar refractivity (Wildman–Crippen MR) is 114 cm³/mol. The van der Waals surface area contributed by atoms with Gasteiger partial charge >= 0.3 is 5.97 Å². The van der Waals surface area contributed by atoms with E-state index in [1.807, 2.05) is 31.3 Å². The molecule has 0 unspecified atom stereocenters. The van der Waals surface area contributed by atoms with E-state index < -0.39 is 17.1 Å². The lowest BCUT2D eigenvalue weighted by atomic mass is 9.68. The van der Waals surface area contributed by atoms with Crippen molar-refractivity contribution in [1.82, 2.24) is 4.90 Å². The Morgan fingerprint density at radius 2 is 2.03 bits per heavy atom. The number of rotatable bonds is 8. The summed E-state index contributed by atoms with van der Waals surface area (Å²) >= 11 is 6.51. The van der Waals surface area contributed by atoms with E-state index in [1.54, 1.807) is 13.8 Å². The predicted octanol–water partition coefficient (Wildman–Crippen LogP) is 5.53. The van der Waals surface area contributed by atoms with Gasteiger partial charge in [0.05, 0.1) is 6.42 Å². The van der Waals surface area contributed by atoms with Crippen molar-refractivity contribution >= 4 is 23.5 Å². The van der Waals surface area contributed by atoms with E-state index in [1.165, 1.54) is 4.90 Å². The van der Waals surface area contributed by atoms with Gasteiger partial charge in [-0.05, 0) is 55.4 Å². The number of hydrogen-bond donors (Lipinski definition) is 1. The summed E-state index contributed by atoms with van der Waals surface area (Å²) in [6, 6.07) is 5.79. The van der Waals surface area contributed by atoms with Crippen molar-refractivity contribution in [2.24, 2.45) is 5.92 Å². The lowest BCUT2D eigenvalue weighted by Crippen LogP contribution is -2.42. The Labute approximate surface area is 177 Å². The number of alkyl halides is 1. The molecule has 0 saturated heterocycles. The lowest BCUT2D eigenvalue weighted by Gasteiger charge is -2.41. The van der Waals surface area contributed by atoms with E-state index in [-0.39, 0.29) is 31.2 Å². The van der Waals surface area contributed by atoms with Crippen molar-refractivity contribution in [3.05, 3.63) is 46.1 Å². The Morgan fingerprint density at radius 1 is 1.38 bits per heavy atom. The molecule has 0 aromatic heterocycles. The van der Waals surface area contributed by atoms with Crippen LogP contribution in [-0.2, 0) is 21.4 Å². The lowest BCUT2D eigenvalue weighted by molar-refractivity contribution is -0.138. The number of allylic oxidation sites excluding steroid dienone is 1. The highest BCUT2D eigenvalue weighted by molar-refractivity contribution is 6.31. The number of benzene rings is 1. The number of carbonyl (C=O) groups excluding carboxylic acids is 1. The standard InChI is InChI=1S/C23H31ClFNO3/c1-15(2)18-14-26(11-9-21(28)29)20(27)13-23(18,5)17-7-6-16(19(24)12-17)8-10-22(3,4)25/h6-7,12,14-15H,8-11,13H2,1-5H3,(H,28,29)/t23-/m0/s1. The molecule has 0 bridgehead atoms. The van der Waals surface area contributed by atoms with Gasteiger partial charge in [0.1, 0.15) is 5.67 Å². The van der Waals surface area contributed by atoms with Gasteiger partial charge in [-0.25, -0.2) is 4.39 Å². The molecule has 0 radical (unpaired) electrons. The molecular weight excluding hydrogens is 393 g/mol. The zero-order chi connectivity index (χ0) is 22.0. The molecular formula is C23H31ClFNO3. The summed E-state index contributed by atoms with van der Waals surface area (Å²) in [6.07, 6.45) is 2.91. The van der Waals surface area contributed by atoms with Gasteiger partial charge in [-0.1, -0.05) is 44.5 Å². The van der Waals surface area contributed by atoms with Crippen molar-refractivity contribution in [2.75, 3.05) is 6.54 Å². The Morgan fingerprint density at radius 3 is 2.55 bits per heavy atom. The van der Waals surface area contributed by atoms with Gasteiger partial charge < -0.3 is 10.0 Å². The minimum Gasteiger partial charge on any atom is -0.481 e. The number of hydrogen-bond acceptors (Lipinski definition) is 2. The van der Waals surface area contributed by atoms with Gasteiger partial charge in [0.25, 0.3) is 0 Å². The quantitative estimate of drug-likeness (QED) is 0.598. The van der Waals surface area contributed by atoms with Crippen LogP contribution in [0.3, 0.4) is 0 Å². The van der Waals surface area contributed by atoms with Crippen LogP contribution in [0, 0.1) is 5.92 Å². The van der Waals surface area contributed by atoms with Crippen molar-refractivity contribution < 1.29 is 19.1 Å². The van der Waals surface area contributed by atoms with Crippen molar-refractivity contribution in [1.29, 1.82) is 0 Å². The third kappa shape index (κ3) is 5.81. The number of carbonyl (C=O) groups is 2. The van der Waals surface area contributed by atoms with Crippen molar-refractivity contribution in [2.45, 2.75) is 71.4 Å². The fourth-order valence-electron chi connectivity index (χ4n) is 3.87. The average molecular weight is 424 g/mol. The fraction of sp³-hybridized carbons (Fsp3) is 0.565. The zero-order valence-corrected chi connectivity index (χ0v) is 18.6. The average Bonchev–Trinajstić information content (AvgIpc) is 2.58. The molecule has 1 aromatic carbocycles. The van der Waals surface area contributed by atoms with Crippen LogP contribution in [-0.4, -0.2) is 34.1 Å². The molecule has 0 spiro atoms. The van der Waals surface area contributed by atoms with Crippen LogP contribution in [0.2, 0.25) is 5.02 Å². The Bertz CT molecular complexity index is 813. The molecule has 1 atom stereocenters. The first-order valence-electron chi connectivity index (χ1n) is 10.0. The van der Waals surface area contributed by atoms with Crippen LogP contribution in [0.1, 0.15) is 65.0 Å². The normalized spacial score (nSPS) is 20.2. The van der Waals surface area contributed by atoms with Crippen LogP contribution in [0.5, 0.6) is 0 Å². The number of nitrogens with zero attached hydrogens (tertiary/aromatic N) is 1. The van der Waals surface area contributed by atoms with Gasteiger partial charge in [0.2, 0.25) is 5.91 Å². The largest absolute Gasteiger partial charge is 0.481 e. The van der Waals surface area contributed by atoms with E-state index in [0.29, 0.717) is 17.9 Å². The summed E-state index contributed by atoms with van der Waals surface area (Å²) in [5, 5.41) is 9.52. The summed E-state index contributed by atoms with van der Waals surface area (Å²) in [7, 11) is 0. The number of carboxylic acids is 1. The summed E-state index contributed by atoms with van der Waals surface area (Å²) in [5.41, 5.74) is 1.13. The summed E-state index contributed by atoms with van der Waals surface area (Å²) in [6.45, 7) is 9.43. The van der Waals surface area contributed by atoms with Crippen LogP contribution < -0.4 is 0 Å². The minimum absolute atomic E-state index is 0.0875. The maximum atomic E-state index is 13.8. The van der Waals surface area contributed by atoms with Gasteiger partial charge in [-0.15, -0.1) is 0 Å². The van der Waals surface area contributed by atoms with Crippen LogP contribution in [0.15, 0.2) is 30.0 Å². The molecule has 0 aliphatic carbocycles. The molecule has 2 rings (SSSR count). The Kier molecular flexibility index (Phi) is 7.15. The summed E-state index contributed by atoms with van der Waals surface area (Å²) in [4.78, 5) is 25.2. The number of halogens is 2. The Balaban J connectivity index is 2.36. The van der Waals surface area contributed by atoms with Gasteiger partial charge in [0, 0.05) is 29.6 Å². The summed E-state index contributed by atoms with van der Waals surface area (Å²) in [5.74, 6) is -0.854. The molecule has 1 heterocycles. The number of carboxylic acid groups (broad SMARTS) is 1. The highest BCUT2D eigenvalue weighted by Gasteiger charge is 2.40. The van der Waals surface area contributed by atoms with Crippen molar-refractivity contribution in [3.63, 3.8) is 0 Å². The van der Waals surface area contributed by atoms with Crippen LogP contribution in [0.25, 0.3) is 0 Å². The molecule has 29 heavy (non-hydrogen) atoms. The van der Waals surface area contributed by atoms with Gasteiger partial charge in [-0.2, -0.15) is 0 Å². The third-order valence-corrected chi connectivity index (χ3v) is 5.98. The van der Waals surface area contributed by atoms with Crippen molar-refractivity contribution in [3.8, 4) is 0 Å². The molecule has 1 aromatic rings. The van der Waals surface area contributed by atoms with Crippen LogP contribution in [0.4, 0.5) is 4.39 Å². The number of amides is 1. The minimum atomic E-state index is -1.25. The maximum Gasteiger partial charge on any atom is 0.305 e. The zero-order valence-electron chi connectivity index (χ0n) is 17.9. The number of aliphatic carboxylic acids is 1. The molecule has 1 amide bonds. The second-order valence-corrected chi connectivity index (χ2v) is 9.41. The molecule has 160 valence electrons. The monoisotopic (exact) mass is 423 g/mol. The first-order chi connectivity index (χ1) is 13.3. The second-order valence-electron chi connectivity index (χ2n) is 9.00. The SMILES string of the molecule is CC(C)C1=CN(CCC(=O)O)C(=O)C[C@@]1(C)c1ccc(CCC(C)(C)F)c(Cl)c1. The maximum absolute atomic E-state index is 13.8. The van der Waals surface area contributed by atoms with Gasteiger partial charge in [0.15, 0.2) is 0 Å². The van der Waals surface area contributed by atoms with Gasteiger partial charge in [-0.3, -0.25) is 9.59 Å². The summed E-state index contributed by atoms with van der Waals surface area (Å²) < 4.78 is 13.8. The topological polar surface area (TPSA) is 57.6 Å². The smallest absolute Gasteiger partial charge is 0.305 e. The van der Waals surface area contributed by atoms with E-state index in [4.69, 9.17) is 16.7 Å². The van der Waals surface area contributed by atoms with E-state index in [0.717, 1.165) is 16.7 Å². The van der Waals surface area contributed by atoms with Crippen LogP contribution >= 0.6 is 11.6 Å². The molecule has 0 saturated carbocycles. The molecule has 1 N–H and O–H groups in total.